The SMILES string of the molecule is CCOC(=O)CN(C)CCC(=O)O. The van der Waals surface area contributed by atoms with E-state index in [4.69, 9.17) is 9.84 Å². The van der Waals surface area contributed by atoms with Gasteiger partial charge >= 0.3 is 11.9 Å². The maximum Gasteiger partial charge on any atom is 0.320 e. The molecule has 0 saturated heterocycles. The smallest absolute Gasteiger partial charge is 0.320 e. The number of likely N-dealkylation sites (N-methyl/N-ethyl adjacent to an activating group) is 1. The van der Waals surface area contributed by atoms with Gasteiger partial charge in [0.25, 0.3) is 0 Å². The number of aliphatic carboxylic acids is 1. The summed E-state index contributed by atoms with van der Waals surface area (Å²) in [4.78, 5) is 22.7. The highest BCUT2D eigenvalue weighted by atomic mass is 16.5. The standard InChI is InChI=1S/C8H15NO4/c1-3-13-8(12)6-9(2)5-4-7(10)11/h3-6H2,1-2H3,(H,10,11). The lowest BCUT2D eigenvalue weighted by atomic mass is 10.4. The number of hydrogen-bond acceptors (Lipinski definition) is 4. The topological polar surface area (TPSA) is 66.8 Å². The van der Waals surface area contributed by atoms with Gasteiger partial charge in [0.1, 0.15) is 0 Å². The number of esters is 1. The molecule has 0 atom stereocenters. The van der Waals surface area contributed by atoms with Crippen LogP contribution in [0, 0.1) is 0 Å². The molecule has 0 fully saturated rings. The molecule has 0 aromatic rings. The summed E-state index contributed by atoms with van der Waals surface area (Å²) in [7, 11) is 1.68. The Labute approximate surface area is 77.3 Å². The van der Waals surface area contributed by atoms with E-state index in [9.17, 15) is 9.59 Å². The van der Waals surface area contributed by atoms with Crippen LogP contribution in [0.3, 0.4) is 0 Å². The van der Waals surface area contributed by atoms with Gasteiger partial charge in [-0.05, 0) is 14.0 Å². The lowest BCUT2D eigenvalue weighted by Crippen LogP contribution is -2.29. The molecule has 0 radical (unpaired) electrons. The summed E-state index contributed by atoms with van der Waals surface area (Å²) >= 11 is 0. The quantitative estimate of drug-likeness (QED) is 0.594. The second-order valence-corrected chi connectivity index (χ2v) is 2.69. The lowest BCUT2D eigenvalue weighted by Gasteiger charge is -2.13. The molecule has 1 N–H and O–H groups in total. The van der Waals surface area contributed by atoms with Gasteiger partial charge in [-0.25, -0.2) is 0 Å². The molecule has 0 amide bonds. The molecule has 76 valence electrons. The Morgan fingerprint density at radius 3 is 2.54 bits per heavy atom. The first-order chi connectivity index (χ1) is 6.06. The van der Waals surface area contributed by atoms with E-state index < -0.39 is 5.97 Å². The summed E-state index contributed by atoms with van der Waals surface area (Å²) in [6, 6.07) is 0. The Bertz CT molecular complexity index is 181. The van der Waals surface area contributed by atoms with Crippen LogP contribution in [0.2, 0.25) is 0 Å². The largest absolute Gasteiger partial charge is 0.481 e. The Kier molecular flexibility index (Phi) is 5.88. The number of carbonyl (C=O) groups excluding carboxylic acids is 1. The van der Waals surface area contributed by atoms with E-state index in [0.29, 0.717) is 13.2 Å². The van der Waals surface area contributed by atoms with Crippen molar-refractivity contribution in [3.8, 4) is 0 Å². The number of rotatable bonds is 6. The van der Waals surface area contributed by atoms with Crippen LogP contribution in [0.25, 0.3) is 0 Å². The molecular formula is C8H15NO4. The fourth-order valence-corrected chi connectivity index (χ4v) is 0.793. The Morgan fingerprint density at radius 2 is 2.08 bits per heavy atom. The van der Waals surface area contributed by atoms with Crippen molar-refractivity contribution in [3.63, 3.8) is 0 Å². The molecule has 0 unspecified atom stereocenters. The van der Waals surface area contributed by atoms with Crippen LogP contribution in [0.4, 0.5) is 0 Å². The molecule has 13 heavy (non-hydrogen) atoms. The summed E-state index contributed by atoms with van der Waals surface area (Å²) in [6.07, 6.45) is 0.0376. The summed E-state index contributed by atoms with van der Waals surface area (Å²) in [5, 5.41) is 8.36. The van der Waals surface area contributed by atoms with Gasteiger partial charge < -0.3 is 9.84 Å². The molecular weight excluding hydrogens is 174 g/mol. The van der Waals surface area contributed by atoms with Crippen LogP contribution >= 0.6 is 0 Å². The highest BCUT2D eigenvalue weighted by molar-refractivity contribution is 5.71. The maximum atomic E-state index is 10.9. The van der Waals surface area contributed by atoms with E-state index in [1.165, 1.54) is 0 Å². The first kappa shape index (κ1) is 11.9. The average Bonchev–Trinajstić information content (AvgIpc) is 2.01. The summed E-state index contributed by atoms with van der Waals surface area (Å²) in [6.45, 7) is 2.58. The van der Waals surface area contributed by atoms with Crippen molar-refractivity contribution in [3.05, 3.63) is 0 Å². The predicted molar refractivity (Wildman–Crippen MR) is 46.4 cm³/mol. The number of nitrogens with zero attached hydrogens (tertiary/aromatic N) is 1. The van der Waals surface area contributed by atoms with Crippen molar-refractivity contribution < 1.29 is 19.4 Å². The zero-order valence-corrected chi connectivity index (χ0v) is 7.95. The molecule has 5 nitrogen and oxygen atoms in total. The normalized spacial score (nSPS) is 10.1. The molecule has 0 aromatic carbocycles. The Morgan fingerprint density at radius 1 is 1.46 bits per heavy atom. The van der Waals surface area contributed by atoms with Crippen LogP contribution < -0.4 is 0 Å². The van der Waals surface area contributed by atoms with Gasteiger partial charge in [-0.1, -0.05) is 0 Å². The minimum Gasteiger partial charge on any atom is -0.481 e. The first-order valence-corrected chi connectivity index (χ1v) is 4.12. The van der Waals surface area contributed by atoms with E-state index in [-0.39, 0.29) is 18.9 Å². The van der Waals surface area contributed by atoms with Gasteiger partial charge in [0.15, 0.2) is 0 Å². The van der Waals surface area contributed by atoms with Gasteiger partial charge in [-0.3, -0.25) is 14.5 Å². The van der Waals surface area contributed by atoms with Crippen LogP contribution in [0.15, 0.2) is 0 Å². The molecule has 0 saturated carbocycles. The number of carboxylic acid groups (broad SMARTS) is 1. The lowest BCUT2D eigenvalue weighted by molar-refractivity contribution is -0.145. The summed E-state index contributed by atoms with van der Waals surface area (Å²) < 4.78 is 4.69. The monoisotopic (exact) mass is 189 g/mol. The summed E-state index contributed by atoms with van der Waals surface area (Å²) in [5.74, 6) is -1.19. The number of ether oxygens (including phenoxy) is 1. The molecule has 5 heteroatoms. The fraction of sp³-hybridized carbons (Fsp3) is 0.750. The minimum atomic E-state index is -0.865. The van der Waals surface area contributed by atoms with Crippen LogP contribution in [-0.2, 0) is 14.3 Å². The fourth-order valence-electron chi connectivity index (χ4n) is 0.793. The van der Waals surface area contributed by atoms with Gasteiger partial charge in [-0.2, -0.15) is 0 Å². The Balaban J connectivity index is 3.55. The molecule has 0 aromatic heterocycles. The molecule has 0 aliphatic rings. The third-order valence-electron chi connectivity index (χ3n) is 1.41. The van der Waals surface area contributed by atoms with Gasteiger partial charge in [0, 0.05) is 6.54 Å². The second kappa shape index (κ2) is 6.42. The number of carbonyl (C=O) groups is 2. The van der Waals surface area contributed by atoms with E-state index >= 15 is 0 Å². The zero-order valence-electron chi connectivity index (χ0n) is 7.95. The Hall–Kier alpha value is -1.10. The van der Waals surface area contributed by atoms with Crippen molar-refractivity contribution >= 4 is 11.9 Å². The van der Waals surface area contributed by atoms with Crippen LogP contribution in [0.5, 0.6) is 0 Å². The van der Waals surface area contributed by atoms with Crippen molar-refractivity contribution in [1.29, 1.82) is 0 Å². The maximum absolute atomic E-state index is 10.9. The molecule has 0 heterocycles. The van der Waals surface area contributed by atoms with Gasteiger partial charge in [0.2, 0.25) is 0 Å². The summed E-state index contributed by atoms with van der Waals surface area (Å²) in [5.41, 5.74) is 0. The molecule has 0 aliphatic heterocycles. The van der Waals surface area contributed by atoms with Crippen molar-refractivity contribution in [2.45, 2.75) is 13.3 Å². The number of carboxylic acids is 1. The van der Waals surface area contributed by atoms with Crippen LogP contribution in [0.1, 0.15) is 13.3 Å². The van der Waals surface area contributed by atoms with Crippen molar-refractivity contribution in [2.24, 2.45) is 0 Å². The third kappa shape index (κ3) is 7.27. The molecule has 0 spiro atoms. The first-order valence-electron chi connectivity index (χ1n) is 4.12. The van der Waals surface area contributed by atoms with E-state index in [0.717, 1.165) is 0 Å². The third-order valence-corrected chi connectivity index (χ3v) is 1.41. The van der Waals surface area contributed by atoms with E-state index in [1.54, 1.807) is 18.9 Å². The minimum absolute atomic E-state index is 0.0376. The number of hydrogen-bond donors (Lipinski definition) is 1. The molecule has 0 rings (SSSR count). The second-order valence-electron chi connectivity index (χ2n) is 2.69. The van der Waals surface area contributed by atoms with E-state index in [1.807, 2.05) is 0 Å². The highest BCUT2D eigenvalue weighted by Gasteiger charge is 2.07. The van der Waals surface area contributed by atoms with E-state index in [2.05, 4.69) is 0 Å². The van der Waals surface area contributed by atoms with Gasteiger partial charge in [-0.15, -0.1) is 0 Å². The highest BCUT2D eigenvalue weighted by Crippen LogP contribution is 1.89. The molecule has 0 aliphatic carbocycles. The average molecular weight is 189 g/mol. The predicted octanol–water partition coefficient (Wildman–Crippen LogP) is -0.0440. The zero-order chi connectivity index (χ0) is 10.3. The van der Waals surface area contributed by atoms with Crippen molar-refractivity contribution in [1.82, 2.24) is 4.90 Å². The molecule has 0 bridgehead atoms. The van der Waals surface area contributed by atoms with Crippen LogP contribution in [-0.4, -0.2) is 48.7 Å². The van der Waals surface area contributed by atoms with Gasteiger partial charge in [0.05, 0.1) is 19.6 Å². The van der Waals surface area contributed by atoms with Crippen molar-refractivity contribution in [2.75, 3.05) is 26.7 Å².